The first kappa shape index (κ1) is 17.4. The van der Waals surface area contributed by atoms with Gasteiger partial charge < -0.3 is 9.64 Å². The zero-order chi connectivity index (χ0) is 16.5. The summed E-state index contributed by atoms with van der Waals surface area (Å²) >= 11 is 0. The minimum Gasteiger partial charge on any atom is -0.379 e. The average molecular weight is 319 g/mol. The second-order valence-electron chi connectivity index (χ2n) is 5.55. The Labute approximate surface area is 136 Å². The Morgan fingerprint density at radius 2 is 1.96 bits per heavy atom. The van der Waals surface area contributed by atoms with Gasteiger partial charge in [-0.15, -0.1) is 0 Å². The highest BCUT2D eigenvalue weighted by atomic mass is 19.1. The van der Waals surface area contributed by atoms with Crippen LogP contribution in [0.25, 0.3) is 0 Å². The molecule has 1 aliphatic heterocycles. The summed E-state index contributed by atoms with van der Waals surface area (Å²) in [6, 6.07) is 8.04. The molecule has 0 aliphatic carbocycles. The van der Waals surface area contributed by atoms with Crippen LogP contribution in [0.5, 0.6) is 0 Å². The first-order valence-electron chi connectivity index (χ1n) is 7.88. The first-order valence-corrected chi connectivity index (χ1v) is 7.88. The molecule has 6 heteroatoms. The number of carbonyl (C=O) groups excluding carboxylic acids is 1. The van der Waals surface area contributed by atoms with Crippen LogP contribution in [-0.2, 0) is 16.0 Å². The molecule has 1 fully saturated rings. The summed E-state index contributed by atoms with van der Waals surface area (Å²) in [5.74, 6) is -0.338. The highest BCUT2D eigenvalue weighted by Gasteiger charge is 2.17. The van der Waals surface area contributed by atoms with Gasteiger partial charge in [-0.25, -0.2) is 4.39 Å². The van der Waals surface area contributed by atoms with Crippen LogP contribution >= 0.6 is 0 Å². The summed E-state index contributed by atoms with van der Waals surface area (Å²) in [6.45, 7) is 5.01. The molecule has 124 valence electrons. The van der Waals surface area contributed by atoms with Crippen molar-refractivity contribution in [3.63, 3.8) is 0 Å². The van der Waals surface area contributed by atoms with E-state index >= 15 is 0 Å². The van der Waals surface area contributed by atoms with Crippen LogP contribution in [0.2, 0.25) is 0 Å². The minimum absolute atomic E-state index is 0.0277. The molecule has 0 spiro atoms. The maximum Gasteiger partial charge on any atom is 0.227 e. The lowest BCUT2D eigenvalue weighted by Crippen LogP contribution is -2.43. The number of rotatable bonds is 7. The highest BCUT2D eigenvalue weighted by molar-refractivity contribution is 5.78. The van der Waals surface area contributed by atoms with Crippen molar-refractivity contribution in [2.45, 2.75) is 12.8 Å². The number of ether oxygens (including phenoxy) is 1. The SMILES string of the molecule is N#CCCN(CCN1CCOCC1)C(=O)Cc1ccc(F)cc1. The van der Waals surface area contributed by atoms with Crippen LogP contribution in [0.1, 0.15) is 12.0 Å². The molecule has 0 N–H and O–H groups in total. The molecule has 1 saturated heterocycles. The topological polar surface area (TPSA) is 56.6 Å². The van der Waals surface area contributed by atoms with Gasteiger partial charge in [0.25, 0.3) is 0 Å². The summed E-state index contributed by atoms with van der Waals surface area (Å²) in [6.07, 6.45) is 0.549. The van der Waals surface area contributed by atoms with E-state index in [-0.39, 0.29) is 18.1 Å². The fourth-order valence-corrected chi connectivity index (χ4v) is 2.52. The van der Waals surface area contributed by atoms with Crippen LogP contribution < -0.4 is 0 Å². The lowest BCUT2D eigenvalue weighted by Gasteiger charge is -2.30. The normalized spacial score (nSPS) is 15.1. The van der Waals surface area contributed by atoms with Crippen molar-refractivity contribution in [3.05, 3.63) is 35.6 Å². The summed E-state index contributed by atoms with van der Waals surface area (Å²) in [5.41, 5.74) is 0.782. The van der Waals surface area contributed by atoms with Crippen molar-refractivity contribution >= 4 is 5.91 Å². The van der Waals surface area contributed by atoms with E-state index in [2.05, 4.69) is 11.0 Å². The standard InChI is InChI=1S/C17H22FN3O2/c18-16-4-2-15(3-5-16)14-17(22)21(7-1-6-19)9-8-20-10-12-23-13-11-20/h2-5H,1,7-14H2. The van der Waals surface area contributed by atoms with Crippen molar-refractivity contribution in [2.75, 3.05) is 45.9 Å². The number of benzene rings is 1. The van der Waals surface area contributed by atoms with Gasteiger partial charge in [0.15, 0.2) is 0 Å². The molecular formula is C17H22FN3O2. The lowest BCUT2D eigenvalue weighted by molar-refractivity contribution is -0.130. The van der Waals surface area contributed by atoms with Crippen molar-refractivity contribution in [3.8, 4) is 6.07 Å². The van der Waals surface area contributed by atoms with Gasteiger partial charge >= 0.3 is 0 Å². The van der Waals surface area contributed by atoms with Gasteiger partial charge in [-0.3, -0.25) is 9.69 Å². The Kier molecular flexibility index (Phi) is 6.98. The zero-order valence-corrected chi connectivity index (χ0v) is 13.2. The molecule has 1 aromatic carbocycles. The van der Waals surface area contributed by atoms with E-state index in [0.29, 0.717) is 19.5 Å². The number of amides is 1. The lowest BCUT2D eigenvalue weighted by atomic mass is 10.1. The van der Waals surface area contributed by atoms with Crippen LogP contribution in [0, 0.1) is 17.1 Å². The first-order chi connectivity index (χ1) is 11.2. The zero-order valence-electron chi connectivity index (χ0n) is 13.2. The van der Waals surface area contributed by atoms with Crippen molar-refractivity contribution in [1.29, 1.82) is 5.26 Å². The number of carbonyl (C=O) groups is 1. The molecule has 0 bridgehead atoms. The molecule has 5 nitrogen and oxygen atoms in total. The number of nitriles is 1. The summed E-state index contributed by atoms with van der Waals surface area (Å²) in [5, 5.41) is 8.78. The monoisotopic (exact) mass is 319 g/mol. The molecule has 0 radical (unpaired) electrons. The number of hydrogen-bond donors (Lipinski definition) is 0. The number of morpholine rings is 1. The largest absolute Gasteiger partial charge is 0.379 e. The van der Waals surface area contributed by atoms with E-state index in [0.717, 1.165) is 38.4 Å². The smallest absolute Gasteiger partial charge is 0.227 e. The van der Waals surface area contributed by atoms with Crippen LogP contribution in [0.4, 0.5) is 4.39 Å². The fraction of sp³-hybridized carbons (Fsp3) is 0.529. The Morgan fingerprint density at radius 1 is 1.26 bits per heavy atom. The quantitative estimate of drug-likeness (QED) is 0.763. The van der Waals surface area contributed by atoms with E-state index < -0.39 is 0 Å². The molecule has 1 amide bonds. The fourth-order valence-electron chi connectivity index (χ4n) is 2.52. The Bertz CT molecular complexity index is 536. The number of hydrogen-bond acceptors (Lipinski definition) is 4. The van der Waals surface area contributed by atoms with E-state index in [4.69, 9.17) is 10.00 Å². The van der Waals surface area contributed by atoms with Gasteiger partial charge in [-0.2, -0.15) is 5.26 Å². The predicted octanol–water partition coefficient (Wildman–Crippen LogP) is 1.44. The maximum atomic E-state index is 12.9. The molecular weight excluding hydrogens is 297 g/mol. The summed E-state index contributed by atoms with van der Waals surface area (Å²) in [7, 11) is 0. The summed E-state index contributed by atoms with van der Waals surface area (Å²) in [4.78, 5) is 16.4. The van der Waals surface area contributed by atoms with Gasteiger partial charge in [-0.1, -0.05) is 12.1 Å². The van der Waals surface area contributed by atoms with E-state index in [1.807, 2.05) is 0 Å². The highest BCUT2D eigenvalue weighted by Crippen LogP contribution is 2.07. The Balaban J connectivity index is 1.88. The van der Waals surface area contributed by atoms with Crippen LogP contribution in [0.15, 0.2) is 24.3 Å². The van der Waals surface area contributed by atoms with Gasteiger partial charge in [-0.05, 0) is 17.7 Å². The third-order valence-electron chi connectivity index (χ3n) is 3.90. The molecule has 0 saturated carbocycles. The molecule has 1 aromatic rings. The second-order valence-corrected chi connectivity index (χ2v) is 5.55. The van der Waals surface area contributed by atoms with E-state index in [1.165, 1.54) is 12.1 Å². The molecule has 23 heavy (non-hydrogen) atoms. The predicted molar refractivity (Wildman–Crippen MR) is 84.2 cm³/mol. The molecule has 1 aliphatic rings. The molecule has 0 atom stereocenters. The van der Waals surface area contributed by atoms with Gasteiger partial charge in [0, 0.05) is 32.7 Å². The Morgan fingerprint density at radius 3 is 2.61 bits per heavy atom. The third-order valence-corrected chi connectivity index (χ3v) is 3.90. The van der Waals surface area contributed by atoms with Crippen LogP contribution in [0.3, 0.4) is 0 Å². The van der Waals surface area contributed by atoms with Gasteiger partial charge in [0.1, 0.15) is 5.82 Å². The third kappa shape index (κ3) is 5.97. The minimum atomic E-state index is -0.310. The molecule has 0 unspecified atom stereocenters. The van der Waals surface area contributed by atoms with Crippen LogP contribution in [-0.4, -0.2) is 61.6 Å². The molecule has 0 aromatic heterocycles. The molecule has 2 rings (SSSR count). The average Bonchev–Trinajstić information content (AvgIpc) is 2.58. The summed E-state index contributed by atoms with van der Waals surface area (Å²) < 4.78 is 18.2. The van der Waals surface area contributed by atoms with Crippen molar-refractivity contribution in [2.24, 2.45) is 0 Å². The Hall–Kier alpha value is -1.97. The van der Waals surface area contributed by atoms with E-state index in [9.17, 15) is 9.18 Å². The maximum absolute atomic E-state index is 12.9. The molecule has 1 heterocycles. The number of nitrogens with zero attached hydrogens (tertiary/aromatic N) is 3. The van der Waals surface area contributed by atoms with Crippen molar-refractivity contribution in [1.82, 2.24) is 9.80 Å². The van der Waals surface area contributed by atoms with Gasteiger partial charge in [0.05, 0.1) is 32.1 Å². The number of halogens is 1. The second kappa shape index (κ2) is 9.23. The van der Waals surface area contributed by atoms with Crippen molar-refractivity contribution < 1.29 is 13.9 Å². The van der Waals surface area contributed by atoms with Gasteiger partial charge in [0.2, 0.25) is 5.91 Å². The van der Waals surface area contributed by atoms with E-state index in [1.54, 1.807) is 17.0 Å².